The van der Waals surface area contributed by atoms with Gasteiger partial charge in [-0.25, -0.2) is 0 Å². The SMILES string of the molecule is COc1ccc(C(N=CC(C)C)c2ccc(OC)cc2)cc1. The summed E-state index contributed by atoms with van der Waals surface area (Å²) >= 11 is 0. The second-order valence-electron chi connectivity index (χ2n) is 5.49. The Morgan fingerprint density at radius 1 is 0.773 bits per heavy atom. The second-order valence-corrected chi connectivity index (χ2v) is 5.49. The first-order chi connectivity index (χ1) is 10.6. The number of ether oxygens (including phenoxy) is 2. The van der Waals surface area contributed by atoms with Gasteiger partial charge in [0.2, 0.25) is 0 Å². The van der Waals surface area contributed by atoms with Crippen LogP contribution in [0.2, 0.25) is 0 Å². The van der Waals surface area contributed by atoms with Gasteiger partial charge in [-0.1, -0.05) is 38.1 Å². The van der Waals surface area contributed by atoms with E-state index in [-0.39, 0.29) is 6.04 Å². The fourth-order valence-electron chi connectivity index (χ4n) is 2.20. The lowest BCUT2D eigenvalue weighted by molar-refractivity contribution is 0.414. The molecule has 0 aliphatic heterocycles. The van der Waals surface area contributed by atoms with Gasteiger partial charge in [-0.15, -0.1) is 0 Å². The van der Waals surface area contributed by atoms with Gasteiger partial charge < -0.3 is 9.47 Å². The van der Waals surface area contributed by atoms with Crippen LogP contribution in [-0.2, 0) is 0 Å². The maximum Gasteiger partial charge on any atom is 0.118 e. The van der Waals surface area contributed by atoms with Gasteiger partial charge >= 0.3 is 0 Å². The summed E-state index contributed by atoms with van der Waals surface area (Å²) in [6.45, 7) is 4.26. The predicted molar refractivity (Wildman–Crippen MR) is 91.2 cm³/mol. The van der Waals surface area contributed by atoms with Gasteiger partial charge in [-0.05, 0) is 41.3 Å². The van der Waals surface area contributed by atoms with Gasteiger partial charge in [0.25, 0.3) is 0 Å². The smallest absolute Gasteiger partial charge is 0.118 e. The fourth-order valence-corrected chi connectivity index (χ4v) is 2.20. The van der Waals surface area contributed by atoms with E-state index in [4.69, 9.17) is 14.5 Å². The molecule has 0 bridgehead atoms. The lowest BCUT2D eigenvalue weighted by Gasteiger charge is -2.15. The molecule has 0 N–H and O–H groups in total. The molecule has 22 heavy (non-hydrogen) atoms. The summed E-state index contributed by atoms with van der Waals surface area (Å²) < 4.78 is 10.5. The van der Waals surface area contributed by atoms with E-state index in [0.29, 0.717) is 5.92 Å². The summed E-state index contributed by atoms with van der Waals surface area (Å²) in [5.41, 5.74) is 2.28. The van der Waals surface area contributed by atoms with E-state index in [0.717, 1.165) is 22.6 Å². The van der Waals surface area contributed by atoms with Crippen molar-refractivity contribution in [2.24, 2.45) is 10.9 Å². The average Bonchev–Trinajstić information content (AvgIpc) is 2.56. The van der Waals surface area contributed by atoms with E-state index >= 15 is 0 Å². The fraction of sp³-hybridized carbons (Fsp3) is 0.316. The third kappa shape index (κ3) is 4.10. The summed E-state index contributed by atoms with van der Waals surface area (Å²) in [5.74, 6) is 2.12. The first-order valence-electron chi connectivity index (χ1n) is 7.45. The molecule has 0 heterocycles. The van der Waals surface area contributed by atoms with Gasteiger partial charge in [-0.2, -0.15) is 0 Å². The highest BCUT2D eigenvalue weighted by molar-refractivity contribution is 5.61. The Bertz CT molecular complexity index is 553. The third-order valence-electron chi connectivity index (χ3n) is 3.40. The zero-order valence-corrected chi connectivity index (χ0v) is 13.6. The first kappa shape index (κ1) is 16.1. The molecule has 0 saturated carbocycles. The Kier molecular flexibility index (Phi) is 5.59. The van der Waals surface area contributed by atoms with E-state index in [1.165, 1.54) is 0 Å². The Balaban J connectivity index is 2.35. The molecule has 3 heteroatoms. The quantitative estimate of drug-likeness (QED) is 0.734. The molecule has 0 aliphatic rings. The largest absolute Gasteiger partial charge is 0.497 e. The van der Waals surface area contributed by atoms with Crippen LogP contribution >= 0.6 is 0 Å². The van der Waals surface area contributed by atoms with Crippen molar-refractivity contribution < 1.29 is 9.47 Å². The van der Waals surface area contributed by atoms with Crippen molar-refractivity contribution in [3.05, 3.63) is 59.7 Å². The zero-order chi connectivity index (χ0) is 15.9. The van der Waals surface area contributed by atoms with Gasteiger partial charge in [0.15, 0.2) is 0 Å². The van der Waals surface area contributed by atoms with E-state index < -0.39 is 0 Å². The molecule has 0 unspecified atom stereocenters. The molecular weight excluding hydrogens is 274 g/mol. The average molecular weight is 297 g/mol. The number of benzene rings is 2. The monoisotopic (exact) mass is 297 g/mol. The topological polar surface area (TPSA) is 30.8 Å². The maximum absolute atomic E-state index is 5.23. The second kappa shape index (κ2) is 7.64. The first-order valence-corrected chi connectivity index (χ1v) is 7.45. The van der Waals surface area contributed by atoms with Crippen LogP contribution in [0.4, 0.5) is 0 Å². The highest BCUT2D eigenvalue weighted by Crippen LogP contribution is 2.29. The van der Waals surface area contributed by atoms with Gasteiger partial charge in [-0.3, -0.25) is 4.99 Å². The van der Waals surface area contributed by atoms with Crippen molar-refractivity contribution in [3.8, 4) is 11.5 Å². The van der Waals surface area contributed by atoms with Gasteiger partial charge in [0, 0.05) is 6.21 Å². The van der Waals surface area contributed by atoms with Crippen LogP contribution in [0.3, 0.4) is 0 Å². The maximum atomic E-state index is 5.23. The number of nitrogens with zero attached hydrogens (tertiary/aromatic N) is 1. The van der Waals surface area contributed by atoms with E-state index in [9.17, 15) is 0 Å². The lowest BCUT2D eigenvalue weighted by Crippen LogP contribution is -2.01. The Morgan fingerprint density at radius 3 is 1.50 bits per heavy atom. The summed E-state index contributed by atoms with van der Waals surface area (Å²) in [6.07, 6.45) is 2.00. The molecule has 0 radical (unpaired) electrons. The molecule has 0 fully saturated rings. The molecule has 3 nitrogen and oxygen atoms in total. The van der Waals surface area contributed by atoms with Crippen LogP contribution in [0.1, 0.15) is 31.0 Å². The van der Waals surface area contributed by atoms with Crippen LogP contribution in [0, 0.1) is 5.92 Å². The van der Waals surface area contributed by atoms with Crippen LogP contribution in [0.25, 0.3) is 0 Å². The summed E-state index contributed by atoms with van der Waals surface area (Å²) in [4.78, 5) is 4.77. The lowest BCUT2D eigenvalue weighted by atomic mass is 9.99. The minimum absolute atomic E-state index is 0.0146. The van der Waals surface area contributed by atoms with Crippen molar-refractivity contribution in [2.45, 2.75) is 19.9 Å². The van der Waals surface area contributed by atoms with Crippen molar-refractivity contribution in [2.75, 3.05) is 14.2 Å². The molecular formula is C19H23NO2. The van der Waals surface area contributed by atoms with Gasteiger partial charge in [0.05, 0.1) is 20.3 Å². The Morgan fingerprint density at radius 2 is 1.18 bits per heavy atom. The molecule has 0 amide bonds. The van der Waals surface area contributed by atoms with Crippen molar-refractivity contribution in [1.29, 1.82) is 0 Å². The summed E-state index contributed by atoms with van der Waals surface area (Å²) in [5, 5.41) is 0. The number of aliphatic imine (C=N–C) groups is 1. The van der Waals surface area contributed by atoms with Crippen LogP contribution in [0.15, 0.2) is 53.5 Å². The molecule has 0 spiro atoms. The minimum atomic E-state index is -0.0146. The normalized spacial score (nSPS) is 11.4. The molecule has 0 aromatic heterocycles. The molecule has 2 rings (SSSR count). The molecule has 2 aromatic carbocycles. The molecule has 0 saturated heterocycles. The predicted octanol–water partition coefficient (Wildman–Crippen LogP) is 4.52. The van der Waals surface area contributed by atoms with Gasteiger partial charge in [0.1, 0.15) is 11.5 Å². The molecule has 116 valence electrons. The summed E-state index contributed by atoms with van der Waals surface area (Å²) in [6, 6.07) is 16.1. The highest BCUT2D eigenvalue weighted by atomic mass is 16.5. The van der Waals surface area contributed by atoms with Crippen LogP contribution in [0.5, 0.6) is 11.5 Å². The molecule has 0 atom stereocenters. The third-order valence-corrected chi connectivity index (χ3v) is 3.40. The van der Waals surface area contributed by atoms with E-state index in [2.05, 4.69) is 38.1 Å². The molecule has 0 aliphatic carbocycles. The number of methoxy groups -OCH3 is 2. The van der Waals surface area contributed by atoms with Crippen molar-refractivity contribution in [3.63, 3.8) is 0 Å². The molecule has 2 aromatic rings. The van der Waals surface area contributed by atoms with E-state index in [1.807, 2.05) is 30.5 Å². The minimum Gasteiger partial charge on any atom is -0.497 e. The van der Waals surface area contributed by atoms with Crippen molar-refractivity contribution >= 4 is 6.21 Å². The zero-order valence-electron chi connectivity index (χ0n) is 13.6. The van der Waals surface area contributed by atoms with Crippen LogP contribution in [-0.4, -0.2) is 20.4 Å². The number of hydrogen-bond acceptors (Lipinski definition) is 3. The van der Waals surface area contributed by atoms with Crippen LogP contribution < -0.4 is 9.47 Å². The Labute approximate surface area is 132 Å². The number of rotatable bonds is 6. The van der Waals surface area contributed by atoms with E-state index in [1.54, 1.807) is 14.2 Å². The standard InChI is InChI=1S/C19H23NO2/c1-14(2)13-20-19(15-5-9-17(21-3)10-6-15)16-7-11-18(22-4)12-8-16/h5-14,19H,1-4H3. The Hall–Kier alpha value is -2.29. The number of hydrogen-bond donors (Lipinski definition) is 0. The summed E-state index contributed by atoms with van der Waals surface area (Å²) in [7, 11) is 3.35. The van der Waals surface area contributed by atoms with Crippen molar-refractivity contribution in [1.82, 2.24) is 0 Å². The highest BCUT2D eigenvalue weighted by Gasteiger charge is 2.13.